The highest BCUT2D eigenvalue weighted by molar-refractivity contribution is 6.27. The zero-order valence-electron chi connectivity index (χ0n) is 13.8. The lowest BCUT2D eigenvalue weighted by Crippen LogP contribution is -2.37. The van der Waals surface area contributed by atoms with Crippen LogP contribution in [-0.2, 0) is 0 Å². The van der Waals surface area contributed by atoms with Crippen LogP contribution in [0.1, 0.15) is 40.0 Å². The number of nitro groups is 1. The Bertz CT molecular complexity index is 932. The number of anilines is 1. The van der Waals surface area contributed by atoms with Crippen LogP contribution in [0.25, 0.3) is 10.8 Å². The Morgan fingerprint density at radius 3 is 2.40 bits per heavy atom. The average molecular weight is 339 g/mol. The lowest BCUT2D eigenvalue weighted by molar-refractivity contribution is -0.384. The van der Waals surface area contributed by atoms with Crippen molar-refractivity contribution in [1.82, 2.24) is 4.90 Å². The van der Waals surface area contributed by atoms with E-state index in [1.807, 2.05) is 4.90 Å². The van der Waals surface area contributed by atoms with Crippen molar-refractivity contribution < 1.29 is 14.5 Å². The summed E-state index contributed by atoms with van der Waals surface area (Å²) in [5.41, 5.74) is 1.09. The molecule has 0 spiro atoms. The van der Waals surface area contributed by atoms with Crippen LogP contribution in [0.15, 0.2) is 24.3 Å². The van der Waals surface area contributed by atoms with Crippen molar-refractivity contribution in [3.63, 3.8) is 0 Å². The third-order valence-corrected chi connectivity index (χ3v) is 5.05. The highest BCUT2D eigenvalue weighted by Crippen LogP contribution is 2.42. The van der Waals surface area contributed by atoms with Crippen molar-refractivity contribution in [2.45, 2.75) is 19.3 Å². The van der Waals surface area contributed by atoms with E-state index in [0.717, 1.165) is 37.3 Å². The van der Waals surface area contributed by atoms with E-state index in [1.54, 1.807) is 18.2 Å². The van der Waals surface area contributed by atoms with E-state index in [2.05, 4.69) is 0 Å². The maximum Gasteiger partial charge on any atom is 0.293 e. The number of piperidine rings is 1. The third-order valence-electron chi connectivity index (χ3n) is 5.05. The second kappa shape index (κ2) is 5.54. The minimum atomic E-state index is -0.498. The van der Waals surface area contributed by atoms with E-state index in [9.17, 15) is 19.7 Å². The van der Waals surface area contributed by atoms with Crippen LogP contribution in [0.4, 0.5) is 11.4 Å². The molecule has 1 saturated heterocycles. The molecule has 2 aromatic carbocycles. The van der Waals surface area contributed by atoms with Crippen LogP contribution in [0.5, 0.6) is 0 Å². The van der Waals surface area contributed by atoms with Gasteiger partial charge < -0.3 is 4.90 Å². The Hall–Kier alpha value is -2.96. The Morgan fingerprint density at radius 1 is 1.04 bits per heavy atom. The lowest BCUT2D eigenvalue weighted by Gasteiger charge is -2.31. The Labute approximate surface area is 144 Å². The van der Waals surface area contributed by atoms with Gasteiger partial charge in [-0.2, -0.15) is 0 Å². The van der Waals surface area contributed by atoms with Crippen molar-refractivity contribution in [2.24, 2.45) is 0 Å². The van der Waals surface area contributed by atoms with Crippen LogP contribution >= 0.6 is 0 Å². The number of carbonyl (C=O) groups excluding carboxylic acids is 2. The summed E-state index contributed by atoms with van der Waals surface area (Å²) in [6.45, 7) is 1.47. The molecular formula is C18H17N3O4. The Kier molecular flexibility index (Phi) is 3.45. The number of amides is 2. The van der Waals surface area contributed by atoms with Gasteiger partial charge in [0.15, 0.2) is 0 Å². The van der Waals surface area contributed by atoms with Gasteiger partial charge in [-0.05, 0) is 25.3 Å². The standard InChI is InChI=1S/C18H17N3O4/c1-19-17(22)12-7-5-6-11-15(12)13(18(19)23)10-14(21(24)25)16(11)20-8-3-2-4-9-20/h5-7,10H,2-4,8-9H2,1H3. The van der Waals surface area contributed by atoms with Crippen molar-refractivity contribution in [2.75, 3.05) is 25.0 Å². The fraction of sp³-hybridized carbons (Fsp3) is 0.333. The van der Waals surface area contributed by atoms with E-state index >= 15 is 0 Å². The van der Waals surface area contributed by atoms with Crippen LogP contribution in [0.2, 0.25) is 0 Å². The quantitative estimate of drug-likeness (QED) is 0.477. The largest absolute Gasteiger partial charge is 0.365 e. The van der Waals surface area contributed by atoms with Crippen LogP contribution < -0.4 is 4.90 Å². The topological polar surface area (TPSA) is 83.8 Å². The van der Waals surface area contributed by atoms with Crippen molar-refractivity contribution >= 4 is 34.0 Å². The molecule has 2 aromatic rings. The van der Waals surface area contributed by atoms with Gasteiger partial charge in [0, 0.05) is 42.5 Å². The van der Waals surface area contributed by atoms with Crippen LogP contribution in [0, 0.1) is 10.1 Å². The van der Waals surface area contributed by atoms with E-state index in [1.165, 1.54) is 13.1 Å². The number of nitro benzene ring substituents is 1. The first kappa shape index (κ1) is 15.6. The number of hydrogen-bond donors (Lipinski definition) is 0. The van der Waals surface area contributed by atoms with E-state index in [0.29, 0.717) is 22.0 Å². The Morgan fingerprint density at radius 2 is 1.72 bits per heavy atom. The molecule has 25 heavy (non-hydrogen) atoms. The summed E-state index contributed by atoms with van der Waals surface area (Å²) in [5, 5.41) is 12.9. The maximum absolute atomic E-state index is 12.5. The summed E-state index contributed by atoms with van der Waals surface area (Å²) in [7, 11) is 1.40. The molecule has 0 aromatic heterocycles. The molecule has 2 aliphatic heterocycles. The highest BCUT2D eigenvalue weighted by Gasteiger charge is 2.35. The van der Waals surface area contributed by atoms with E-state index < -0.39 is 10.8 Å². The third kappa shape index (κ3) is 2.19. The van der Waals surface area contributed by atoms with Gasteiger partial charge in [-0.25, -0.2) is 0 Å². The van der Waals surface area contributed by atoms with Crippen molar-refractivity contribution in [3.05, 3.63) is 45.5 Å². The molecule has 2 heterocycles. The molecule has 0 bridgehead atoms. The summed E-state index contributed by atoms with van der Waals surface area (Å²) in [4.78, 5) is 39.3. The number of carbonyl (C=O) groups is 2. The molecule has 1 fully saturated rings. The minimum absolute atomic E-state index is 0.0716. The molecule has 0 atom stereocenters. The molecule has 2 amide bonds. The molecule has 0 aliphatic carbocycles. The molecule has 128 valence electrons. The molecular weight excluding hydrogens is 322 g/mol. The molecule has 2 aliphatic rings. The van der Waals surface area contributed by atoms with Gasteiger partial charge in [0.05, 0.1) is 10.5 Å². The van der Waals surface area contributed by atoms with Gasteiger partial charge in [0.2, 0.25) is 0 Å². The predicted octanol–water partition coefficient (Wildman–Crippen LogP) is 2.96. The molecule has 4 rings (SSSR count). The summed E-state index contributed by atoms with van der Waals surface area (Å²) in [6.07, 6.45) is 3.05. The first-order valence-corrected chi connectivity index (χ1v) is 8.32. The minimum Gasteiger partial charge on any atom is -0.365 e. The van der Waals surface area contributed by atoms with Gasteiger partial charge in [-0.3, -0.25) is 24.6 Å². The zero-order chi connectivity index (χ0) is 17.7. The second-order valence-electron chi connectivity index (χ2n) is 6.49. The summed E-state index contributed by atoms with van der Waals surface area (Å²) in [5.74, 6) is -0.872. The summed E-state index contributed by atoms with van der Waals surface area (Å²) in [6, 6.07) is 6.50. The highest BCUT2D eigenvalue weighted by atomic mass is 16.6. The first-order chi connectivity index (χ1) is 12.0. The van der Waals surface area contributed by atoms with Gasteiger partial charge in [-0.1, -0.05) is 12.1 Å². The van der Waals surface area contributed by atoms with Crippen LogP contribution in [-0.4, -0.2) is 41.8 Å². The molecule has 0 saturated carbocycles. The van der Waals surface area contributed by atoms with Crippen molar-refractivity contribution in [3.8, 4) is 0 Å². The number of benzene rings is 2. The zero-order valence-corrected chi connectivity index (χ0v) is 13.8. The number of rotatable bonds is 2. The number of hydrogen-bond acceptors (Lipinski definition) is 5. The fourth-order valence-corrected chi connectivity index (χ4v) is 3.84. The molecule has 0 N–H and O–H groups in total. The number of nitrogens with zero attached hydrogens (tertiary/aromatic N) is 3. The predicted molar refractivity (Wildman–Crippen MR) is 93.1 cm³/mol. The first-order valence-electron chi connectivity index (χ1n) is 8.32. The number of imide groups is 1. The molecule has 7 nitrogen and oxygen atoms in total. The average Bonchev–Trinajstić information content (AvgIpc) is 2.64. The van der Waals surface area contributed by atoms with Crippen LogP contribution in [0.3, 0.4) is 0 Å². The van der Waals surface area contributed by atoms with Gasteiger partial charge in [0.1, 0.15) is 5.69 Å². The van der Waals surface area contributed by atoms with Gasteiger partial charge in [-0.15, -0.1) is 0 Å². The molecule has 0 radical (unpaired) electrons. The van der Waals surface area contributed by atoms with Crippen molar-refractivity contribution in [1.29, 1.82) is 0 Å². The maximum atomic E-state index is 12.5. The monoisotopic (exact) mass is 339 g/mol. The Balaban J connectivity index is 2.09. The fourth-order valence-electron chi connectivity index (χ4n) is 3.84. The summed E-state index contributed by atoms with van der Waals surface area (Å²) >= 11 is 0. The SMILES string of the molecule is CN1C(=O)c2cccc3c(N4CCCCC4)c([N+](=O)[O-])cc(c23)C1=O. The van der Waals surface area contributed by atoms with E-state index in [4.69, 9.17) is 0 Å². The lowest BCUT2D eigenvalue weighted by atomic mass is 9.91. The second-order valence-corrected chi connectivity index (χ2v) is 6.49. The smallest absolute Gasteiger partial charge is 0.293 e. The normalized spacial score (nSPS) is 17.3. The van der Waals surface area contributed by atoms with Gasteiger partial charge in [0.25, 0.3) is 17.5 Å². The molecule has 0 unspecified atom stereocenters. The van der Waals surface area contributed by atoms with E-state index in [-0.39, 0.29) is 17.2 Å². The summed E-state index contributed by atoms with van der Waals surface area (Å²) < 4.78 is 0. The van der Waals surface area contributed by atoms with Gasteiger partial charge >= 0.3 is 0 Å². The molecule has 7 heteroatoms.